The van der Waals surface area contributed by atoms with Crippen molar-refractivity contribution in [3.05, 3.63) is 0 Å². The summed E-state index contributed by atoms with van der Waals surface area (Å²) in [5.41, 5.74) is 0. The Morgan fingerprint density at radius 3 is 2.69 bits per heavy atom. The van der Waals surface area contributed by atoms with Crippen LogP contribution in [0.1, 0.15) is 20.3 Å². The average molecular weight is 228 g/mol. The Labute approximate surface area is 94.3 Å². The first-order valence-electron chi connectivity index (χ1n) is 5.25. The van der Waals surface area contributed by atoms with Crippen LogP contribution in [0.5, 0.6) is 0 Å². The molecule has 0 aromatic carbocycles. The highest BCUT2D eigenvalue weighted by molar-refractivity contribution is 4.99. The lowest BCUT2D eigenvalue weighted by atomic mass is 10.0. The number of ether oxygens (including phenoxy) is 3. The minimum absolute atomic E-state index is 0.130. The molecule has 0 aromatic rings. The molecule has 2 saturated heterocycles. The molecule has 2 rings (SSSR count). The predicted molar refractivity (Wildman–Crippen MR) is 54.2 cm³/mol. The van der Waals surface area contributed by atoms with Gasteiger partial charge in [0, 0.05) is 6.42 Å². The molecule has 5 atom stereocenters. The zero-order valence-corrected chi connectivity index (χ0v) is 9.29. The lowest BCUT2D eigenvalue weighted by Gasteiger charge is -2.25. The molecule has 0 aliphatic carbocycles. The van der Waals surface area contributed by atoms with Crippen LogP contribution in [0.15, 0.2) is 0 Å². The van der Waals surface area contributed by atoms with Crippen molar-refractivity contribution in [3.8, 4) is 12.3 Å². The van der Waals surface area contributed by atoms with Crippen molar-refractivity contribution in [2.45, 2.75) is 56.8 Å². The lowest BCUT2D eigenvalue weighted by Crippen LogP contribution is -2.40. The molecule has 0 spiro atoms. The molecule has 0 bridgehead atoms. The van der Waals surface area contributed by atoms with E-state index >= 15 is 0 Å². The smallest absolute Gasteiger partial charge is 0.190 e. The van der Waals surface area contributed by atoms with Gasteiger partial charge in [0.25, 0.3) is 0 Å². The first-order valence-corrected chi connectivity index (χ1v) is 5.25. The second-order valence-corrected chi connectivity index (χ2v) is 4.54. The number of rotatable bonds is 2. The van der Waals surface area contributed by atoms with E-state index in [-0.39, 0.29) is 6.42 Å². The molecule has 2 heterocycles. The van der Waals surface area contributed by atoms with Gasteiger partial charge < -0.3 is 24.4 Å². The van der Waals surface area contributed by atoms with Gasteiger partial charge in [0.05, 0.1) is 6.10 Å². The first-order chi connectivity index (χ1) is 7.44. The SMILES string of the molecule is C#CC[C@@H](O)[C@H]1O[C@@H]2OC(C)(C)O[C@@H]2[C@H]1O. The summed E-state index contributed by atoms with van der Waals surface area (Å²) < 4.78 is 16.3. The monoisotopic (exact) mass is 228 g/mol. The Morgan fingerprint density at radius 2 is 2.12 bits per heavy atom. The Morgan fingerprint density at radius 1 is 1.44 bits per heavy atom. The maximum absolute atomic E-state index is 9.93. The third-order valence-corrected chi connectivity index (χ3v) is 2.76. The summed E-state index contributed by atoms with van der Waals surface area (Å²) in [5, 5.41) is 19.6. The summed E-state index contributed by atoms with van der Waals surface area (Å²) in [5.74, 6) is 1.56. The highest BCUT2D eigenvalue weighted by Gasteiger charge is 2.55. The van der Waals surface area contributed by atoms with Gasteiger partial charge in [-0.05, 0) is 13.8 Å². The van der Waals surface area contributed by atoms with Crippen LogP contribution < -0.4 is 0 Å². The van der Waals surface area contributed by atoms with E-state index in [1.165, 1.54) is 0 Å². The van der Waals surface area contributed by atoms with Crippen LogP contribution in [-0.2, 0) is 14.2 Å². The molecule has 2 fully saturated rings. The summed E-state index contributed by atoms with van der Waals surface area (Å²) in [6.45, 7) is 3.49. The number of hydrogen-bond donors (Lipinski definition) is 2. The van der Waals surface area contributed by atoms with Gasteiger partial charge >= 0.3 is 0 Å². The Hall–Kier alpha value is -0.640. The Kier molecular flexibility index (Phi) is 2.95. The number of fused-ring (bicyclic) bond motifs is 1. The summed E-state index contributed by atoms with van der Waals surface area (Å²) in [7, 11) is 0. The predicted octanol–water partition coefficient (Wildman–Crippen LogP) is -0.392. The van der Waals surface area contributed by atoms with Crippen molar-refractivity contribution in [1.29, 1.82) is 0 Å². The van der Waals surface area contributed by atoms with Crippen LogP contribution in [0.4, 0.5) is 0 Å². The van der Waals surface area contributed by atoms with Gasteiger partial charge in [-0.15, -0.1) is 12.3 Å². The Bertz CT molecular complexity index is 308. The van der Waals surface area contributed by atoms with Gasteiger partial charge in [0.1, 0.15) is 18.3 Å². The second kappa shape index (κ2) is 3.99. The molecular formula is C11H16O5. The van der Waals surface area contributed by atoms with E-state index in [0.717, 1.165) is 0 Å². The third-order valence-electron chi connectivity index (χ3n) is 2.76. The zero-order chi connectivity index (χ0) is 11.9. The van der Waals surface area contributed by atoms with Crippen molar-refractivity contribution in [2.75, 3.05) is 0 Å². The minimum Gasteiger partial charge on any atom is -0.389 e. The zero-order valence-electron chi connectivity index (χ0n) is 9.29. The minimum atomic E-state index is -0.921. The van der Waals surface area contributed by atoms with Crippen molar-refractivity contribution in [3.63, 3.8) is 0 Å². The fraction of sp³-hybridized carbons (Fsp3) is 0.818. The standard InChI is InChI=1S/C11H16O5/c1-4-5-6(12)8-7(13)9-10(14-8)16-11(2,3)15-9/h1,6-10,12-13H,5H2,2-3H3/t6-,7+,8-,9-,10-/m1/s1. The van der Waals surface area contributed by atoms with Gasteiger partial charge in [0.2, 0.25) is 0 Å². The quantitative estimate of drug-likeness (QED) is 0.630. The van der Waals surface area contributed by atoms with Crippen LogP contribution in [0.3, 0.4) is 0 Å². The molecule has 2 N–H and O–H groups in total. The van der Waals surface area contributed by atoms with Crippen LogP contribution >= 0.6 is 0 Å². The van der Waals surface area contributed by atoms with Crippen molar-refractivity contribution >= 4 is 0 Å². The van der Waals surface area contributed by atoms with Crippen molar-refractivity contribution < 1.29 is 24.4 Å². The molecule has 5 heteroatoms. The van der Waals surface area contributed by atoms with Gasteiger partial charge in [-0.2, -0.15) is 0 Å². The highest BCUT2D eigenvalue weighted by Crippen LogP contribution is 2.38. The van der Waals surface area contributed by atoms with Crippen LogP contribution in [0.25, 0.3) is 0 Å². The van der Waals surface area contributed by atoms with E-state index < -0.39 is 36.5 Å². The summed E-state index contributed by atoms with van der Waals surface area (Å²) in [4.78, 5) is 0. The van der Waals surface area contributed by atoms with Crippen molar-refractivity contribution in [1.82, 2.24) is 0 Å². The maximum atomic E-state index is 9.93. The van der Waals surface area contributed by atoms with Gasteiger partial charge in [-0.1, -0.05) is 0 Å². The first kappa shape index (κ1) is 11.8. The molecule has 0 aromatic heterocycles. The normalized spacial score (nSPS) is 42.7. The number of aliphatic hydroxyl groups is 2. The summed E-state index contributed by atoms with van der Waals surface area (Å²) in [6.07, 6.45) is 1.45. The maximum Gasteiger partial charge on any atom is 0.190 e. The van der Waals surface area contributed by atoms with E-state index in [9.17, 15) is 10.2 Å². The number of aliphatic hydroxyl groups excluding tert-OH is 2. The average Bonchev–Trinajstić information content (AvgIpc) is 2.62. The fourth-order valence-electron chi connectivity index (χ4n) is 2.07. The summed E-state index contributed by atoms with van der Waals surface area (Å²) in [6, 6.07) is 0. The highest BCUT2D eigenvalue weighted by atomic mass is 16.8. The molecule has 0 saturated carbocycles. The van der Waals surface area contributed by atoms with Crippen LogP contribution in [0.2, 0.25) is 0 Å². The number of hydrogen-bond acceptors (Lipinski definition) is 5. The molecule has 90 valence electrons. The topological polar surface area (TPSA) is 68.2 Å². The van der Waals surface area contributed by atoms with E-state index in [1.54, 1.807) is 13.8 Å². The third kappa shape index (κ3) is 1.95. The molecule has 0 radical (unpaired) electrons. The van der Waals surface area contributed by atoms with Crippen molar-refractivity contribution in [2.24, 2.45) is 0 Å². The summed E-state index contributed by atoms with van der Waals surface area (Å²) >= 11 is 0. The second-order valence-electron chi connectivity index (χ2n) is 4.54. The molecule has 2 aliphatic heterocycles. The number of terminal acetylenes is 1. The Balaban J connectivity index is 2.03. The molecule has 5 nitrogen and oxygen atoms in total. The largest absolute Gasteiger partial charge is 0.389 e. The van der Waals surface area contributed by atoms with Gasteiger partial charge in [-0.3, -0.25) is 0 Å². The van der Waals surface area contributed by atoms with Gasteiger partial charge in [0.15, 0.2) is 12.1 Å². The molecule has 0 amide bonds. The van der Waals surface area contributed by atoms with E-state index in [1.807, 2.05) is 0 Å². The van der Waals surface area contributed by atoms with E-state index in [2.05, 4.69) is 5.92 Å². The van der Waals surface area contributed by atoms with E-state index in [0.29, 0.717) is 0 Å². The van der Waals surface area contributed by atoms with Crippen LogP contribution in [0, 0.1) is 12.3 Å². The molecule has 16 heavy (non-hydrogen) atoms. The van der Waals surface area contributed by atoms with E-state index in [4.69, 9.17) is 20.6 Å². The molecular weight excluding hydrogens is 212 g/mol. The van der Waals surface area contributed by atoms with Gasteiger partial charge in [-0.25, -0.2) is 0 Å². The fourth-order valence-corrected chi connectivity index (χ4v) is 2.07. The lowest BCUT2D eigenvalue weighted by molar-refractivity contribution is -0.225. The molecule has 0 unspecified atom stereocenters. The molecule has 2 aliphatic rings. The van der Waals surface area contributed by atoms with Crippen LogP contribution in [-0.4, -0.2) is 46.7 Å².